The van der Waals surface area contributed by atoms with Crippen molar-refractivity contribution in [1.82, 2.24) is 20.7 Å². The number of ether oxygens (including phenoxy) is 1. The number of nitrogens with one attached hydrogen (secondary N) is 3. The van der Waals surface area contributed by atoms with Crippen molar-refractivity contribution >= 4 is 56.2 Å². The average molecular weight is 771 g/mol. The Bertz CT molecular complexity index is 2140. The van der Waals surface area contributed by atoms with Gasteiger partial charge < -0.3 is 36.8 Å². The molecule has 2 amide bonds. The van der Waals surface area contributed by atoms with Gasteiger partial charge in [0.25, 0.3) is 17.4 Å². The van der Waals surface area contributed by atoms with Gasteiger partial charge in [-0.15, -0.1) is 15.6 Å². The molecule has 2 aromatic carbocycles. The molecule has 18 nitrogen and oxygen atoms in total. The number of hydrogen-bond donors (Lipinski definition) is 7. The summed E-state index contributed by atoms with van der Waals surface area (Å²) in [5.74, 6) is -2.88. The second-order valence-corrected chi connectivity index (χ2v) is 15.5. The topological polar surface area (TPSA) is 282 Å². The monoisotopic (exact) mass is 770 g/mol. The quantitative estimate of drug-likeness (QED) is 0.0453. The molecule has 4 atom stereocenters. The van der Waals surface area contributed by atoms with Crippen molar-refractivity contribution < 1.29 is 46.3 Å². The molecule has 1 fully saturated rings. The Labute approximate surface area is 307 Å². The van der Waals surface area contributed by atoms with Gasteiger partial charge in [0.2, 0.25) is 0 Å². The van der Waals surface area contributed by atoms with Gasteiger partial charge >= 0.3 is 16.4 Å². The number of nitrogen functional groups attached to an aromatic ring is 1. The van der Waals surface area contributed by atoms with Crippen LogP contribution < -0.4 is 26.8 Å². The molecular formula is C33H38N8O10S2. The van der Waals surface area contributed by atoms with E-state index in [9.17, 15) is 27.9 Å². The molecule has 1 saturated heterocycles. The third-order valence-electron chi connectivity index (χ3n) is 9.56. The van der Waals surface area contributed by atoms with Gasteiger partial charge in [-0.3, -0.25) is 19.6 Å². The van der Waals surface area contributed by atoms with Crippen LogP contribution in [0.5, 0.6) is 5.75 Å². The summed E-state index contributed by atoms with van der Waals surface area (Å²) in [6.07, 6.45) is 1.32. The molecule has 9 N–H and O–H groups in total. The minimum Gasteiger partial charge on any atom is -0.485 e. The van der Waals surface area contributed by atoms with Crippen LogP contribution >= 0.6 is 11.3 Å². The number of benzene rings is 2. The van der Waals surface area contributed by atoms with E-state index in [0.717, 1.165) is 35.3 Å². The Kier molecular flexibility index (Phi) is 9.94. The number of anilines is 1. The van der Waals surface area contributed by atoms with Crippen molar-refractivity contribution in [1.29, 1.82) is 5.41 Å². The molecule has 3 heterocycles. The van der Waals surface area contributed by atoms with Crippen molar-refractivity contribution in [2.24, 2.45) is 10.9 Å². The average Bonchev–Trinajstić information content (AvgIpc) is 3.71. The number of carboxylic acids is 1. The van der Waals surface area contributed by atoms with Crippen LogP contribution in [0.4, 0.5) is 5.13 Å². The fraction of sp³-hybridized carbons (Fsp3) is 0.394. The Hall–Kier alpha value is -5.15. The predicted molar refractivity (Wildman–Crippen MR) is 190 cm³/mol. The van der Waals surface area contributed by atoms with Gasteiger partial charge in [-0.25, -0.2) is 9.78 Å². The molecule has 0 spiro atoms. The number of amides is 2. The number of β-lactam (4-membered cyclic amide) rings is 1. The van der Waals surface area contributed by atoms with Crippen LogP contribution in [0.1, 0.15) is 73.2 Å². The van der Waals surface area contributed by atoms with Gasteiger partial charge in [-0.2, -0.15) is 13.5 Å². The summed E-state index contributed by atoms with van der Waals surface area (Å²) in [6.45, 7) is 4.43. The van der Waals surface area contributed by atoms with Crippen molar-refractivity contribution in [3.8, 4) is 5.75 Å². The van der Waals surface area contributed by atoms with E-state index < -0.39 is 57.2 Å². The summed E-state index contributed by atoms with van der Waals surface area (Å²) in [6, 6.07) is 10.0. The first kappa shape index (κ1) is 37.6. The first-order chi connectivity index (χ1) is 24.9. The molecule has 1 aliphatic carbocycles. The Morgan fingerprint density at radius 2 is 1.94 bits per heavy atom. The highest BCUT2D eigenvalue weighted by molar-refractivity contribution is 7.80. The number of fused-ring (bicyclic) bond motifs is 2. The minimum absolute atomic E-state index is 0.0533. The maximum Gasteiger partial charge on any atom is 0.418 e. The SMILES string of the molecule is CC1(C)[C@H](NC(=O)/C(=N\O[C@](C)(C(=O)O)[C@H]2CCc3cc(C(=N)NCc4ccc5c(c4)CC[C@@H]5N)ccc3O2)c2csc(N)n2)C(=O)N1OS(=O)(=O)O. The maximum absolute atomic E-state index is 13.5. The zero-order chi connectivity index (χ0) is 38.5. The van der Waals surface area contributed by atoms with E-state index >= 15 is 0 Å². The van der Waals surface area contributed by atoms with Gasteiger partial charge in [-0.1, -0.05) is 23.4 Å². The summed E-state index contributed by atoms with van der Waals surface area (Å²) in [7, 11) is -5.04. The first-order valence-corrected chi connectivity index (χ1v) is 18.6. The number of aliphatic carboxylic acids is 1. The molecule has 0 bridgehead atoms. The van der Waals surface area contributed by atoms with Crippen LogP contribution in [-0.2, 0) is 53.3 Å². The van der Waals surface area contributed by atoms with E-state index in [1.807, 2.05) is 12.1 Å². The Balaban J connectivity index is 1.15. The lowest BCUT2D eigenvalue weighted by atomic mass is 9.84. The minimum atomic E-state index is -5.04. The number of aryl methyl sites for hydroxylation is 2. The summed E-state index contributed by atoms with van der Waals surface area (Å²) in [5, 5.41) is 30.2. The number of aromatic nitrogens is 1. The normalized spacial score (nSPS) is 21.7. The number of oxime groups is 1. The van der Waals surface area contributed by atoms with Crippen molar-refractivity contribution in [2.75, 3.05) is 5.73 Å². The van der Waals surface area contributed by atoms with Crippen LogP contribution in [-0.4, -0.2) is 80.7 Å². The lowest BCUT2D eigenvalue weighted by molar-refractivity contribution is -0.218. The van der Waals surface area contributed by atoms with Crippen LogP contribution in [0, 0.1) is 5.41 Å². The molecule has 53 heavy (non-hydrogen) atoms. The Morgan fingerprint density at radius 3 is 2.60 bits per heavy atom. The largest absolute Gasteiger partial charge is 0.485 e. The number of rotatable bonds is 12. The third-order valence-corrected chi connectivity index (χ3v) is 10.6. The van der Waals surface area contributed by atoms with E-state index in [-0.39, 0.29) is 29.1 Å². The second-order valence-electron chi connectivity index (χ2n) is 13.6. The molecule has 2 aliphatic heterocycles. The molecule has 1 aromatic heterocycles. The number of hydrogen-bond acceptors (Lipinski definition) is 14. The highest BCUT2D eigenvalue weighted by atomic mass is 32.3. The molecule has 0 unspecified atom stereocenters. The lowest BCUT2D eigenvalue weighted by Crippen LogP contribution is -2.76. The summed E-state index contributed by atoms with van der Waals surface area (Å²) < 4.78 is 41.8. The first-order valence-electron chi connectivity index (χ1n) is 16.4. The summed E-state index contributed by atoms with van der Waals surface area (Å²) in [4.78, 5) is 48.5. The fourth-order valence-electron chi connectivity index (χ4n) is 6.43. The number of carbonyl (C=O) groups excluding carboxylic acids is 2. The van der Waals surface area contributed by atoms with Crippen LogP contribution in [0.3, 0.4) is 0 Å². The molecule has 282 valence electrons. The second kappa shape index (κ2) is 14.0. The predicted octanol–water partition coefficient (Wildman–Crippen LogP) is 1.58. The van der Waals surface area contributed by atoms with Crippen molar-refractivity contribution in [2.45, 2.75) is 82.3 Å². The smallest absolute Gasteiger partial charge is 0.418 e. The van der Waals surface area contributed by atoms with Crippen LogP contribution in [0.15, 0.2) is 46.9 Å². The number of thiazole rings is 1. The summed E-state index contributed by atoms with van der Waals surface area (Å²) in [5.41, 5.74) is 12.5. The van der Waals surface area contributed by atoms with E-state index in [2.05, 4.69) is 31.1 Å². The maximum atomic E-state index is 13.5. The van der Waals surface area contributed by atoms with Gasteiger partial charge in [0.1, 0.15) is 23.3 Å². The van der Waals surface area contributed by atoms with E-state index in [0.29, 0.717) is 29.3 Å². The van der Waals surface area contributed by atoms with Crippen molar-refractivity contribution in [3.05, 3.63) is 75.3 Å². The molecule has 0 saturated carbocycles. The molecule has 20 heteroatoms. The number of amidine groups is 1. The highest BCUT2D eigenvalue weighted by Gasteiger charge is 2.58. The third kappa shape index (κ3) is 7.53. The summed E-state index contributed by atoms with van der Waals surface area (Å²) >= 11 is 0.961. The molecule has 0 radical (unpaired) electrons. The zero-order valence-corrected chi connectivity index (χ0v) is 30.4. The molecular weight excluding hydrogens is 733 g/mol. The number of carboxylic acid groups (broad SMARTS) is 1. The van der Waals surface area contributed by atoms with Crippen LogP contribution in [0.25, 0.3) is 0 Å². The molecule has 3 aliphatic rings. The number of hydroxylamine groups is 2. The Morgan fingerprint density at radius 1 is 1.21 bits per heavy atom. The number of nitrogens with two attached hydrogens (primary N) is 2. The molecule has 3 aromatic rings. The van der Waals surface area contributed by atoms with E-state index in [4.69, 9.17) is 31.0 Å². The van der Waals surface area contributed by atoms with Crippen LogP contribution in [0.2, 0.25) is 0 Å². The highest BCUT2D eigenvalue weighted by Crippen LogP contribution is 2.36. The number of nitrogens with zero attached hydrogens (tertiary/aromatic N) is 3. The van der Waals surface area contributed by atoms with Gasteiger partial charge in [0.15, 0.2) is 16.9 Å². The number of carbonyl (C=O) groups is 3. The van der Waals surface area contributed by atoms with E-state index in [1.165, 1.54) is 37.3 Å². The van der Waals surface area contributed by atoms with Gasteiger partial charge in [0.05, 0.1) is 5.54 Å². The van der Waals surface area contributed by atoms with Gasteiger partial charge in [0, 0.05) is 23.5 Å². The van der Waals surface area contributed by atoms with Crippen molar-refractivity contribution in [3.63, 3.8) is 0 Å². The zero-order valence-electron chi connectivity index (χ0n) is 28.8. The fourth-order valence-corrected chi connectivity index (χ4v) is 7.44. The standard InChI is InChI=1S/C33H38N8O10S2/c1-32(2)26(29(43)41(32)51-53(46,47)48)39-28(42)25(22-15-52-31(36)38-22)40-50-33(3,30(44)45)24-11-7-18-13-19(6-10-23(18)49-24)27(35)37-14-16-4-8-20-17(12-16)5-9-21(20)34/h4,6,8,10,12-13,15,21,24,26H,5,7,9,11,14,34H2,1-3H3,(H2,35,37)(H2,36,38)(H,39,42)(H,44,45)(H,46,47,48)/b40-25-/t21-,24+,26+,33-/m0/s1. The van der Waals surface area contributed by atoms with E-state index in [1.54, 1.807) is 18.2 Å². The lowest BCUT2D eigenvalue weighted by Gasteiger charge is -2.50. The van der Waals surface area contributed by atoms with Gasteiger partial charge in [-0.05, 0) is 86.9 Å². The molecule has 6 rings (SSSR count).